The minimum Gasteiger partial charge on any atom is -0.460 e. The molecule has 0 aliphatic heterocycles. The van der Waals surface area contributed by atoms with E-state index in [2.05, 4.69) is 0 Å². The molecule has 5 nitrogen and oxygen atoms in total. The number of carbonyl (C=O) groups excluding carboxylic acids is 1. The van der Waals surface area contributed by atoms with E-state index in [-0.39, 0.29) is 23.9 Å². The van der Waals surface area contributed by atoms with Crippen LogP contribution in [0.15, 0.2) is 0 Å². The fourth-order valence-electron chi connectivity index (χ4n) is 5.46. The molecular formula is C16H25NO4. The summed E-state index contributed by atoms with van der Waals surface area (Å²) in [5.41, 5.74) is -0.953. The summed E-state index contributed by atoms with van der Waals surface area (Å²) >= 11 is 0. The van der Waals surface area contributed by atoms with Gasteiger partial charge in [-0.2, -0.15) is 0 Å². The van der Waals surface area contributed by atoms with E-state index in [1.807, 2.05) is 20.8 Å². The number of esters is 1. The first-order valence-corrected chi connectivity index (χ1v) is 8.05. The first-order valence-electron chi connectivity index (χ1n) is 8.05. The monoisotopic (exact) mass is 295 g/mol. The average Bonchev–Trinajstić information content (AvgIpc) is 2.50. The molecule has 21 heavy (non-hydrogen) atoms. The van der Waals surface area contributed by atoms with E-state index >= 15 is 0 Å². The van der Waals surface area contributed by atoms with Gasteiger partial charge in [0, 0.05) is 4.92 Å². The standard InChI is InChI=1S/C16H25NO4/c1-15(2,3)21-14(18)8-16(9-17(19)20)12-5-4-10-6-11(12)13(16)7-10/h10-13H,4-9H2,1-3H3/t10?,11?,12?,13?,16-/m1/s1. The summed E-state index contributed by atoms with van der Waals surface area (Å²) in [6, 6.07) is 0. The molecule has 3 rings (SSSR count). The van der Waals surface area contributed by atoms with Crippen LogP contribution in [0.4, 0.5) is 0 Å². The quantitative estimate of drug-likeness (QED) is 0.454. The summed E-state index contributed by atoms with van der Waals surface area (Å²) in [5.74, 6) is 1.83. The molecule has 0 aromatic rings. The summed E-state index contributed by atoms with van der Waals surface area (Å²) in [4.78, 5) is 23.2. The third-order valence-electron chi connectivity index (χ3n) is 5.91. The van der Waals surface area contributed by atoms with Gasteiger partial charge in [-0.1, -0.05) is 6.42 Å². The molecular weight excluding hydrogens is 270 g/mol. The second-order valence-corrected chi connectivity index (χ2v) is 8.28. The first kappa shape index (κ1) is 14.8. The van der Waals surface area contributed by atoms with E-state index in [1.165, 1.54) is 12.8 Å². The number of ether oxygens (including phenoxy) is 1. The third kappa shape index (κ3) is 2.44. The lowest BCUT2D eigenvalue weighted by atomic mass is 9.45. The minimum absolute atomic E-state index is 0.0647. The second kappa shape index (κ2) is 4.68. The van der Waals surface area contributed by atoms with Gasteiger partial charge in [0.2, 0.25) is 6.54 Å². The maximum absolute atomic E-state index is 12.3. The molecule has 4 unspecified atom stereocenters. The van der Waals surface area contributed by atoms with E-state index < -0.39 is 11.0 Å². The van der Waals surface area contributed by atoms with Crippen molar-refractivity contribution in [2.75, 3.05) is 6.54 Å². The number of rotatable bonds is 4. The maximum Gasteiger partial charge on any atom is 0.307 e. The molecule has 5 atom stereocenters. The predicted octanol–water partition coefficient (Wildman–Crippen LogP) is 3.05. The number of hydrogen-bond acceptors (Lipinski definition) is 4. The van der Waals surface area contributed by atoms with Gasteiger partial charge in [0.05, 0.1) is 11.8 Å². The molecule has 3 aliphatic carbocycles. The summed E-state index contributed by atoms with van der Waals surface area (Å²) in [6.45, 7) is 5.46. The van der Waals surface area contributed by atoms with Crippen molar-refractivity contribution in [1.29, 1.82) is 0 Å². The third-order valence-corrected chi connectivity index (χ3v) is 5.91. The van der Waals surface area contributed by atoms with Crippen LogP contribution >= 0.6 is 0 Å². The van der Waals surface area contributed by atoms with Gasteiger partial charge in [0.1, 0.15) is 5.60 Å². The molecule has 0 aromatic carbocycles. The van der Waals surface area contributed by atoms with Crippen molar-refractivity contribution in [3.63, 3.8) is 0 Å². The Morgan fingerprint density at radius 1 is 1.29 bits per heavy atom. The van der Waals surface area contributed by atoms with Gasteiger partial charge in [-0.3, -0.25) is 14.9 Å². The molecule has 3 saturated carbocycles. The number of nitro groups is 1. The van der Waals surface area contributed by atoms with Crippen molar-refractivity contribution in [2.45, 2.75) is 58.5 Å². The smallest absolute Gasteiger partial charge is 0.307 e. The van der Waals surface area contributed by atoms with Crippen LogP contribution in [-0.4, -0.2) is 23.0 Å². The normalized spacial score (nSPS) is 40.5. The molecule has 0 amide bonds. The molecule has 5 heteroatoms. The van der Waals surface area contributed by atoms with Crippen LogP contribution in [-0.2, 0) is 9.53 Å². The van der Waals surface area contributed by atoms with Crippen LogP contribution in [0.1, 0.15) is 52.9 Å². The number of carbonyl (C=O) groups is 1. The van der Waals surface area contributed by atoms with Crippen LogP contribution in [0, 0.1) is 39.2 Å². The highest BCUT2D eigenvalue weighted by Gasteiger charge is 2.69. The molecule has 118 valence electrons. The minimum atomic E-state index is -0.524. The van der Waals surface area contributed by atoms with Gasteiger partial charge in [0.15, 0.2) is 0 Å². The fraction of sp³-hybridized carbons (Fsp3) is 0.938. The second-order valence-electron chi connectivity index (χ2n) is 8.28. The summed E-state index contributed by atoms with van der Waals surface area (Å²) in [6.07, 6.45) is 4.78. The highest BCUT2D eigenvalue weighted by Crippen LogP contribution is 2.70. The Bertz CT molecular complexity index is 461. The Balaban J connectivity index is 1.79. The Morgan fingerprint density at radius 2 is 2.00 bits per heavy atom. The largest absolute Gasteiger partial charge is 0.460 e. The van der Waals surface area contributed by atoms with Crippen LogP contribution in [0.25, 0.3) is 0 Å². The molecule has 3 fully saturated rings. The number of fused-ring (bicyclic) bond motifs is 1. The van der Waals surface area contributed by atoms with Gasteiger partial charge in [0.25, 0.3) is 0 Å². The van der Waals surface area contributed by atoms with E-state index in [9.17, 15) is 14.9 Å². The zero-order chi connectivity index (χ0) is 15.4. The van der Waals surface area contributed by atoms with Gasteiger partial charge >= 0.3 is 5.97 Å². The lowest BCUT2D eigenvalue weighted by molar-refractivity contribution is -0.512. The zero-order valence-electron chi connectivity index (χ0n) is 13.1. The van der Waals surface area contributed by atoms with Gasteiger partial charge in [-0.05, 0) is 63.7 Å². The summed E-state index contributed by atoms with van der Waals surface area (Å²) in [7, 11) is 0. The molecule has 0 aromatic heterocycles. The first-order chi connectivity index (χ1) is 9.71. The van der Waals surface area contributed by atoms with Crippen molar-refractivity contribution >= 4 is 5.97 Å². The van der Waals surface area contributed by atoms with Gasteiger partial charge < -0.3 is 4.74 Å². The van der Waals surface area contributed by atoms with E-state index in [4.69, 9.17) is 4.74 Å². The Labute approximate surface area is 125 Å². The van der Waals surface area contributed by atoms with Crippen molar-refractivity contribution in [3.8, 4) is 0 Å². The van der Waals surface area contributed by atoms with E-state index in [0.717, 1.165) is 18.8 Å². The summed E-state index contributed by atoms with van der Waals surface area (Å²) < 4.78 is 5.44. The topological polar surface area (TPSA) is 69.4 Å². The van der Waals surface area contributed by atoms with Crippen LogP contribution in [0.5, 0.6) is 0 Å². The molecule has 0 heterocycles. The van der Waals surface area contributed by atoms with Crippen molar-refractivity contribution < 1.29 is 14.5 Å². The van der Waals surface area contributed by atoms with Crippen molar-refractivity contribution in [3.05, 3.63) is 10.1 Å². The summed E-state index contributed by atoms with van der Waals surface area (Å²) in [5, 5.41) is 11.2. The Morgan fingerprint density at radius 3 is 2.62 bits per heavy atom. The highest BCUT2D eigenvalue weighted by atomic mass is 16.6. The molecule has 3 aliphatic rings. The molecule has 0 radical (unpaired) electrons. The molecule has 0 saturated heterocycles. The van der Waals surface area contributed by atoms with Crippen LogP contribution in [0.2, 0.25) is 0 Å². The molecule has 0 spiro atoms. The van der Waals surface area contributed by atoms with Crippen LogP contribution < -0.4 is 0 Å². The number of hydrogen-bond donors (Lipinski definition) is 0. The lowest BCUT2D eigenvalue weighted by Crippen LogP contribution is -2.59. The Hall–Kier alpha value is -1.13. The molecule has 0 N–H and O–H groups in total. The SMILES string of the molecule is CC(C)(C)OC(=O)C[C@@]1(C[N+](=O)[O-])C2CCC3CC2C1C3. The van der Waals surface area contributed by atoms with Crippen LogP contribution in [0.3, 0.4) is 0 Å². The zero-order valence-corrected chi connectivity index (χ0v) is 13.1. The fourth-order valence-corrected chi connectivity index (χ4v) is 5.46. The van der Waals surface area contributed by atoms with E-state index in [1.54, 1.807) is 0 Å². The van der Waals surface area contributed by atoms with Gasteiger partial charge in [-0.15, -0.1) is 0 Å². The lowest BCUT2D eigenvalue weighted by Gasteiger charge is -2.57. The Kier molecular flexibility index (Phi) is 3.30. The maximum atomic E-state index is 12.3. The number of nitrogens with zero attached hydrogens (tertiary/aromatic N) is 1. The molecule has 2 bridgehead atoms. The highest BCUT2D eigenvalue weighted by molar-refractivity contribution is 5.71. The predicted molar refractivity (Wildman–Crippen MR) is 77.2 cm³/mol. The van der Waals surface area contributed by atoms with E-state index in [0.29, 0.717) is 17.8 Å². The van der Waals surface area contributed by atoms with Gasteiger partial charge in [-0.25, -0.2) is 0 Å². The van der Waals surface area contributed by atoms with Crippen molar-refractivity contribution in [1.82, 2.24) is 0 Å². The average molecular weight is 295 g/mol. The van der Waals surface area contributed by atoms with Crippen molar-refractivity contribution in [2.24, 2.45) is 29.1 Å².